The number of carbonyl (C=O) groups is 2. The van der Waals surface area contributed by atoms with Crippen LogP contribution in [0, 0.1) is 13.8 Å². The number of rotatable bonds is 8. The zero-order chi connectivity index (χ0) is 22.3. The zero-order valence-corrected chi connectivity index (χ0v) is 18.6. The van der Waals surface area contributed by atoms with Crippen LogP contribution in [-0.4, -0.2) is 47.3 Å². The lowest BCUT2D eigenvalue weighted by Gasteiger charge is -2.26. The van der Waals surface area contributed by atoms with Gasteiger partial charge >= 0.3 is 6.09 Å². The first-order valence-corrected chi connectivity index (χ1v) is 10.0. The van der Waals surface area contributed by atoms with E-state index in [4.69, 9.17) is 14.0 Å². The van der Waals surface area contributed by atoms with Crippen LogP contribution in [0.25, 0.3) is 0 Å². The largest absolute Gasteiger partial charge is 0.489 e. The molecule has 30 heavy (non-hydrogen) atoms. The second-order valence-electron chi connectivity index (χ2n) is 7.94. The third-order valence-corrected chi connectivity index (χ3v) is 4.36. The molecule has 2 amide bonds. The number of carbonyl (C=O) groups excluding carboxylic acids is 2. The van der Waals surface area contributed by atoms with Crippen LogP contribution in [0.1, 0.15) is 55.1 Å². The molecule has 1 aromatic heterocycles. The van der Waals surface area contributed by atoms with Gasteiger partial charge in [-0.2, -0.15) is 0 Å². The Morgan fingerprint density at radius 2 is 1.97 bits per heavy atom. The third-order valence-electron chi connectivity index (χ3n) is 4.36. The van der Waals surface area contributed by atoms with Crippen LogP contribution in [0.2, 0.25) is 0 Å². The average molecular weight is 418 g/mol. The second-order valence-corrected chi connectivity index (χ2v) is 7.94. The molecule has 0 saturated carbocycles. The van der Waals surface area contributed by atoms with Gasteiger partial charge in [0.25, 0.3) is 5.91 Å². The highest BCUT2D eigenvalue weighted by Crippen LogP contribution is 2.18. The molecule has 0 bridgehead atoms. The molecule has 1 N–H and O–H groups in total. The van der Waals surface area contributed by atoms with Gasteiger partial charge in [-0.3, -0.25) is 4.79 Å². The smallest absolute Gasteiger partial charge is 0.410 e. The maximum Gasteiger partial charge on any atom is 0.410 e. The number of hydrogen-bond donors (Lipinski definition) is 1. The number of nitrogens with zero attached hydrogens (tertiary/aromatic N) is 2. The Balaban J connectivity index is 1.88. The van der Waals surface area contributed by atoms with Gasteiger partial charge in [-0.1, -0.05) is 11.2 Å². The molecule has 0 aliphatic heterocycles. The number of likely N-dealkylation sites (N-methyl/N-ethyl adjacent to an activating group) is 1. The lowest BCUT2D eigenvalue weighted by molar-refractivity contribution is 0.0261. The third kappa shape index (κ3) is 6.79. The number of ether oxygens (including phenoxy) is 2. The van der Waals surface area contributed by atoms with Crippen LogP contribution < -0.4 is 10.1 Å². The Kier molecular flexibility index (Phi) is 7.86. The summed E-state index contributed by atoms with van der Waals surface area (Å²) in [6.07, 6.45) is -0.394. The van der Waals surface area contributed by atoms with Crippen LogP contribution in [0.5, 0.6) is 5.75 Å². The standard InChI is InChI=1S/C22H31N3O5/c1-7-25(21(27)29-22(4,5)6)12-11-23-20(26)17-9-8-10-18(13-17)28-14-19-15(2)24-30-16(19)3/h8-10,13H,7,11-12,14H2,1-6H3,(H,23,26). The van der Waals surface area contributed by atoms with Gasteiger partial charge in [0.1, 0.15) is 23.7 Å². The fraction of sp³-hybridized carbons (Fsp3) is 0.500. The van der Waals surface area contributed by atoms with Crippen LogP contribution in [0.15, 0.2) is 28.8 Å². The van der Waals surface area contributed by atoms with Gasteiger partial charge in [-0.05, 0) is 59.7 Å². The van der Waals surface area contributed by atoms with Crippen LogP contribution in [0.3, 0.4) is 0 Å². The molecule has 0 unspecified atom stereocenters. The van der Waals surface area contributed by atoms with E-state index < -0.39 is 11.7 Å². The summed E-state index contributed by atoms with van der Waals surface area (Å²) in [7, 11) is 0. The number of aryl methyl sites for hydroxylation is 2. The maximum absolute atomic E-state index is 12.5. The highest BCUT2D eigenvalue weighted by molar-refractivity contribution is 5.94. The Bertz CT molecular complexity index is 850. The van der Waals surface area contributed by atoms with Gasteiger partial charge in [0.15, 0.2) is 0 Å². The molecule has 0 atom stereocenters. The van der Waals surface area contributed by atoms with E-state index in [1.165, 1.54) is 0 Å². The van der Waals surface area contributed by atoms with E-state index in [1.54, 1.807) is 29.2 Å². The van der Waals surface area contributed by atoms with Crippen molar-refractivity contribution < 1.29 is 23.6 Å². The van der Waals surface area contributed by atoms with Gasteiger partial charge in [0, 0.05) is 25.2 Å². The number of amides is 2. The average Bonchev–Trinajstić information content (AvgIpc) is 3.00. The first-order chi connectivity index (χ1) is 14.1. The Morgan fingerprint density at radius 3 is 2.57 bits per heavy atom. The summed E-state index contributed by atoms with van der Waals surface area (Å²) >= 11 is 0. The van der Waals surface area contributed by atoms with E-state index in [1.807, 2.05) is 41.5 Å². The van der Waals surface area contributed by atoms with E-state index in [2.05, 4.69) is 10.5 Å². The summed E-state index contributed by atoms with van der Waals surface area (Å²) in [5.74, 6) is 1.05. The van der Waals surface area contributed by atoms with Crippen molar-refractivity contribution in [3.05, 3.63) is 46.8 Å². The van der Waals surface area contributed by atoms with Crippen molar-refractivity contribution in [2.24, 2.45) is 0 Å². The van der Waals surface area contributed by atoms with E-state index in [-0.39, 0.29) is 5.91 Å². The quantitative estimate of drug-likeness (QED) is 0.701. The van der Waals surface area contributed by atoms with E-state index in [0.29, 0.717) is 43.3 Å². The lowest BCUT2D eigenvalue weighted by atomic mass is 10.2. The molecule has 0 spiro atoms. The molecule has 0 aliphatic carbocycles. The minimum Gasteiger partial charge on any atom is -0.489 e. The maximum atomic E-state index is 12.5. The SMILES string of the molecule is CCN(CCNC(=O)c1cccc(OCc2c(C)noc2C)c1)C(=O)OC(C)(C)C. The van der Waals surface area contributed by atoms with Crippen molar-refractivity contribution in [3.63, 3.8) is 0 Å². The van der Waals surface area contributed by atoms with Crippen LogP contribution in [0.4, 0.5) is 4.79 Å². The summed E-state index contributed by atoms with van der Waals surface area (Å²) in [6.45, 7) is 12.5. The second kappa shape index (κ2) is 10.1. The molecule has 0 saturated heterocycles. The Labute approximate surface area is 177 Å². The van der Waals surface area contributed by atoms with Gasteiger partial charge < -0.3 is 24.2 Å². The van der Waals surface area contributed by atoms with Crippen molar-refractivity contribution in [2.45, 2.75) is 53.8 Å². The lowest BCUT2D eigenvalue weighted by Crippen LogP contribution is -2.41. The summed E-state index contributed by atoms with van der Waals surface area (Å²) in [5, 5.41) is 6.73. The topological polar surface area (TPSA) is 93.9 Å². The number of nitrogens with one attached hydrogen (secondary N) is 1. The van der Waals surface area contributed by atoms with Gasteiger partial charge in [0.05, 0.1) is 11.3 Å². The number of hydrogen-bond acceptors (Lipinski definition) is 6. The molecule has 0 aliphatic rings. The minimum absolute atomic E-state index is 0.238. The summed E-state index contributed by atoms with van der Waals surface area (Å²) in [5.41, 5.74) is 1.60. The van der Waals surface area contributed by atoms with Crippen molar-refractivity contribution >= 4 is 12.0 Å². The van der Waals surface area contributed by atoms with Crippen LogP contribution >= 0.6 is 0 Å². The zero-order valence-electron chi connectivity index (χ0n) is 18.6. The summed E-state index contributed by atoms with van der Waals surface area (Å²) in [4.78, 5) is 26.2. The fourth-order valence-corrected chi connectivity index (χ4v) is 2.70. The molecule has 8 heteroatoms. The molecule has 2 aromatic rings. The first kappa shape index (κ1) is 23.3. The molecule has 1 aromatic carbocycles. The Hall–Kier alpha value is -3.03. The molecular weight excluding hydrogens is 386 g/mol. The molecule has 164 valence electrons. The number of benzene rings is 1. The van der Waals surface area contributed by atoms with Gasteiger partial charge in [0.2, 0.25) is 0 Å². The predicted molar refractivity (Wildman–Crippen MR) is 113 cm³/mol. The molecule has 0 fully saturated rings. The van der Waals surface area contributed by atoms with E-state index >= 15 is 0 Å². The molecule has 2 rings (SSSR count). The molecule has 1 heterocycles. The molecule has 8 nitrogen and oxygen atoms in total. The highest BCUT2D eigenvalue weighted by Gasteiger charge is 2.21. The van der Waals surface area contributed by atoms with Gasteiger partial charge in [-0.25, -0.2) is 4.79 Å². The Morgan fingerprint density at radius 1 is 1.23 bits per heavy atom. The van der Waals surface area contributed by atoms with E-state index in [0.717, 1.165) is 11.3 Å². The first-order valence-electron chi connectivity index (χ1n) is 10.0. The summed E-state index contributed by atoms with van der Waals surface area (Å²) < 4.78 is 16.3. The summed E-state index contributed by atoms with van der Waals surface area (Å²) in [6, 6.07) is 6.94. The van der Waals surface area contributed by atoms with Crippen LogP contribution in [-0.2, 0) is 11.3 Å². The molecular formula is C22H31N3O5. The van der Waals surface area contributed by atoms with Crippen molar-refractivity contribution in [2.75, 3.05) is 19.6 Å². The normalized spacial score (nSPS) is 11.1. The number of aromatic nitrogens is 1. The van der Waals surface area contributed by atoms with Crippen molar-refractivity contribution in [1.29, 1.82) is 0 Å². The van der Waals surface area contributed by atoms with E-state index in [9.17, 15) is 9.59 Å². The highest BCUT2D eigenvalue weighted by atomic mass is 16.6. The predicted octanol–water partition coefficient (Wildman–Crippen LogP) is 3.86. The molecule has 0 radical (unpaired) electrons. The minimum atomic E-state index is -0.558. The van der Waals surface area contributed by atoms with Gasteiger partial charge in [-0.15, -0.1) is 0 Å². The fourth-order valence-electron chi connectivity index (χ4n) is 2.70. The monoisotopic (exact) mass is 417 g/mol. The van der Waals surface area contributed by atoms with Crippen molar-refractivity contribution in [1.82, 2.24) is 15.4 Å². The van der Waals surface area contributed by atoms with Crippen molar-refractivity contribution in [3.8, 4) is 5.75 Å².